The summed E-state index contributed by atoms with van der Waals surface area (Å²) >= 11 is 5.87. The number of amides is 1. The largest absolute Gasteiger partial charge is 0.416 e. The summed E-state index contributed by atoms with van der Waals surface area (Å²) in [5.41, 5.74) is -0.799. The summed E-state index contributed by atoms with van der Waals surface area (Å²) in [6, 6.07) is 5.90. The monoisotopic (exact) mass is 386 g/mol. The predicted octanol–water partition coefficient (Wildman–Crippen LogP) is 3.98. The zero-order valence-electron chi connectivity index (χ0n) is 14.2. The molecule has 2 N–H and O–H groups in total. The van der Waals surface area contributed by atoms with Crippen LogP contribution in [0.5, 0.6) is 0 Å². The van der Waals surface area contributed by atoms with Crippen LogP contribution >= 0.6 is 11.6 Å². The standard InChI is InChI=1S/C17H18ClF3N4O/c1-25(2)8-7-22-15-6-3-11(10-23-15)16(26)24-14-9-12(17(19,20)21)4-5-13(14)18/h3-6,9-10H,7-8H2,1-2H3,(H,22,23)(H,24,26). The first-order chi connectivity index (χ1) is 12.2. The first-order valence-electron chi connectivity index (χ1n) is 7.69. The molecule has 1 aromatic heterocycles. The van der Waals surface area contributed by atoms with Crippen LogP contribution in [0, 0.1) is 0 Å². The van der Waals surface area contributed by atoms with Gasteiger partial charge in [-0.2, -0.15) is 13.2 Å². The van der Waals surface area contributed by atoms with Crippen LogP contribution in [0.4, 0.5) is 24.7 Å². The molecular formula is C17H18ClF3N4O. The van der Waals surface area contributed by atoms with E-state index in [4.69, 9.17) is 11.6 Å². The van der Waals surface area contributed by atoms with Crippen molar-refractivity contribution in [2.24, 2.45) is 0 Å². The fraction of sp³-hybridized carbons (Fsp3) is 0.294. The zero-order chi connectivity index (χ0) is 19.3. The van der Waals surface area contributed by atoms with Gasteiger partial charge in [0.15, 0.2) is 0 Å². The molecule has 1 aromatic carbocycles. The lowest BCUT2D eigenvalue weighted by Crippen LogP contribution is -2.21. The second-order valence-corrected chi connectivity index (χ2v) is 6.22. The summed E-state index contributed by atoms with van der Waals surface area (Å²) in [4.78, 5) is 18.3. The van der Waals surface area contributed by atoms with Crippen molar-refractivity contribution in [3.63, 3.8) is 0 Å². The van der Waals surface area contributed by atoms with Crippen LogP contribution < -0.4 is 10.6 Å². The minimum absolute atomic E-state index is 0.0151. The van der Waals surface area contributed by atoms with Crippen LogP contribution in [0.15, 0.2) is 36.5 Å². The lowest BCUT2D eigenvalue weighted by Gasteiger charge is -2.12. The molecule has 1 amide bonds. The average molecular weight is 387 g/mol. The van der Waals surface area contributed by atoms with Crippen LogP contribution in [-0.2, 0) is 6.18 Å². The van der Waals surface area contributed by atoms with Crippen LogP contribution in [0.3, 0.4) is 0 Å². The molecular weight excluding hydrogens is 369 g/mol. The fourth-order valence-corrected chi connectivity index (χ4v) is 2.20. The Balaban J connectivity index is 2.06. The van der Waals surface area contributed by atoms with Crippen molar-refractivity contribution in [3.05, 3.63) is 52.7 Å². The van der Waals surface area contributed by atoms with Crippen molar-refractivity contribution in [1.29, 1.82) is 0 Å². The summed E-state index contributed by atoms with van der Waals surface area (Å²) in [5.74, 6) is -0.000864. The van der Waals surface area contributed by atoms with Gasteiger partial charge >= 0.3 is 6.18 Å². The van der Waals surface area contributed by atoms with E-state index < -0.39 is 17.6 Å². The Hall–Kier alpha value is -2.32. The van der Waals surface area contributed by atoms with E-state index in [1.165, 1.54) is 12.3 Å². The summed E-state index contributed by atoms with van der Waals surface area (Å²) in [7, 11) is 3.89. The van der Waals surface area contributed by atoms with Gasteiger partial charge in [0.05, 0.1) is 21.8 Å². The van der Waals surface area contributed by atoms with Crippen molar-refractivity contribution >= 4 is 29.0 Å². The van der Waals surface area contributed by atoms with Gasteiger partial charge in [-0.05, 0) is 44.4 Å². The van der Waals surface area contributed by atoms with E-state index in [0.29, 0.717) is 12.4 Å². The molecule has 140 valence electrons. The number of benzene rings is 1. The number of hydrogen-bond donors (Lipinski definition) is 2. The summed E-state index contributed by atoms with van der Waals surface area (Å²) < 4.78 is 38.3. The second-order valence-electron chi connectivity index (χ2n) is 5.81. The summed E-state index contributed by atoms with van der Waals surface area (Å²) in [6.45, 7) is 1.50. The van der Waals surface area contributed by atoms with Gasteiger partial charge in [-0.15, -0.1) is 0 Å². The maximum atomic E-state index is 12.8. The van der Waals surface area contributed by atoms with E-state index in [-0.39, 0.29) is 16.3 Å². The molecule has 2 aromatic rings. The maximum Gasteiger partial charge on any atom is 0.416 e. The summed E-state index contributed by atoms with van der Waals surface area (Å²) in [5, 5.41) is 5.49. The molecule has 0 atom stereocenters. The molecule has 0 unspecified atom stereocenters. The minimum atomic E-state index is -4.52. The number of hydrogen-bond acceptors (Lipinski definition) is 4. The minimum Gasteiger partial charge on any atom is -0.369 e. The Kier molecular flexibility index (Phi) is 6.44. The van der Waals surface area contributed by atoms with Crippen molar-refractivity contribution in [2.75, 3.05) is 37.8 Å². The number of nitrogens with zero attached hydrogens (tertiary/aromatic N) is 2. The Bertz CT molecular complexity index is 764. The fourth-order valence-electron chi connectivity index (χ4n) is 2.03. The molecule has 2 rings (SSSR count). The van der Waals surface area contributed by atoms with Gasteiger partial charge < -0.3 is 15.5 Å². The number of alkyl halides is 3. The lowest BCUT2D eigenvalue weighted by atomic mass is 10.2. The van der Waals surface area contributed by atoms with Crippen molar-refractivity contribution in [3.8, 4) is 0 Å². The van der Waals surface area contributed by atoms with Gasteiger partial charge in [0.1, 0.15) is 5.82 Å². The van der Waals surface area contributed by atoms with Gasteiger partial charge in [0.2, 0.25) is 0 Å². The molecule has 0 saturated carbocycles. The quantitative estimate of drug-likeness (QED) is 0.788. The predicted molar refractivity (Wildman–Crippen MR) is 95.7 cm³/mol. The van der Waals surface area contributed by atoms with E-state index in [1.54, 1.807) is 6.07 Å². The Morgan fingerprint density at radius 2 is 1.96 bits per heavy atom. The third kappa shape index (κ3) is 5.60. The van der Waals surface area contributed by atoms with Gasteiger partial charge in [0, 0.05) is 19.3 Å². The first-order valence-corrected chi connectivity index (χ1v) is 8.07. The number of halogens is 4. The molecule has 9 heteroatoms. The number of aromatic nitrogens is 1. The molecule has 26 heavy (non-hydrogen) atoms. The number of rotatable bonds is 6. The number of likely N-dealkylation sites (N-methyl/N-ethyl adjacent to an activating group) is 1. The molecule has 5 nitrogen and oxygen atoms in total. The molecule has 0 aliphatic carbocycles. The third-order valence-corrected chi connectivity index (χ3v) is 3.76. The highest BCUT2D eigenvalue weighted by molar-refractivity contribution is 6.34. The summed E-state index contributed by atoms with van der Waals surface area (Å²) in [6.07, 6.45) is -3.18. The molecule has 0 radical (unpaired) electrons. The Morgan fingerprint density at radius 1 is 1.23 bits per heavy atom. The molecule has 0 aliphatic heterocycles. The number of carbonyl (C=O) groups is 1. The maximum absolute atomic E-state index is 12.8. The highest BCUT2D eigenvalue weighted by Crippen LogP contribution is 2.33. The van der Waals surface area contributed by atoms with Gasteiger partial charge in [-0.1, -0.05) is 11.6 Å². The first kappa shape index (κ1) is 20.0. The zero-order valence-corrected chi connectivity index (χ0v) is 14.9. The van der Waals surface area contributed by atoms with Gasteiger partial charge in [-0.25, -0.2) is 4.98 Å². The Morgan fingerprint density at radius 3 is 2.54 bits per heavy atom. The molecule has 0 fully saturated rings. The van der Waals surface area contributed by atoms with Crippen LogP contribution in [0.1, 0.15) is 15.9 Å². The average Bonchev–Trinajstić information content (AvgIpc) is 2.56. The van der Waals surface area contributed by atoms with E-state index in [2.05, 4.69) is 15.6 Å². The number of nitrogens with one attached hydrogen (secondary N) is 2. The van der Waals surface area contributed by atoms with Crippen LogP contribution in [0.25, 0.3) is 0 Å². The van der Waals surface area contributed by atoms with Gasteiger partial charge in [-0.3, -0.25) is 4.79 Å². The van der Waals surface area contributed by atoms with Gasteiger partial charge in [0.25, 0.3) is 5.91 Å². The number of pyridine rings is 1. The van der Waals surface area contributed by atoms with Crippen molar-refractivity contribution in [1.82, 2.24) is 9.88 Å². The van der Waals surface area contributed by atoms with E-state index in [0.717, 1.165) is 24.7 Å². The second kappa shape index (κ2) is 8.37. The molecule has 1 heterocycles. The van der Waals surface area contributed by atoms with E-state index in [1.807, 2.05) is 19.0 Å². The van der Waals surface area contributed by atoms with E-state index in [9.17, 15) is 18.0 Å². The highest BCUT2D eigenvalue weighted by Gasteiger charge is 2.31. The molecule has 0 aliphatic rings. The molecule has 0 saturated heterocycles. The molecule has 0 spiro atoms. The smallest absolute Gasteiger partial charge is 0.369 e. The number of carbonyl (C=O) groups excluding carboxylic acids is 1. The molecule has 0 bridgehead atoms. The lowest BCUT2D eigenvalue weighted by molar-refractivity contribution is -0.137. The highest BCUT2D eigenvalue weighted by atomic mass is 35.5. The topological polar surface area (TPSA) is 57.3 Å². The van der Waals surface area contributed by atoms with Crippen LogP contribution in [0.2, 0.25) is 5.02 Å². The van der Waals surface area contributed by atoms with Crippen molar-refractivity contribution in [2.45, 2.75) is 6.18 Å². The van der Waals surface area contributed by atoms with E-state index >= 15 is 0 Å². The third-order valence-electron chi connectivity index (χ3n) is 3.43. The number of anilines is 2. The SMILES string of the molecule is CN(C)CCNc1ccc(C(=O)Nc2cc(C(F)(F)F)ccc2Cl)cn1. The van der Waals surface area contributed by atoms with Crippen LogP contribution in [-0.4, -0.2) is 43.0 Å². The Labute approximate surface area is 154 Å². The normalized spacial score (nSPS) is 11.5. The van der Waals surface area contributed by atoms with Crippen molar-refractivity contribution < 1.29 is 18.0 Å².